The first kappa shape index (κ1) is 8.82. The van der Waals surface area contributed by atoms with Gasteiger partial charge in [0.2, 0.25) is 0 Å². The van der Waals surface area contributed by atoms with Crippen molar-refractivity contribution in [2.75, 3.05) is 11.5 Å². The zero-order valence-electron chi connectivity index (χ0n) is 5.72. The second-order valence-electron chi connectivity index (χ2n) is 1.87. The van der Waals surface area contributed by atoms with E-state index in [1.165, 1.54) is 6.21 Å². The van der Waals surface area contributed by atoms with Gasteiger partial charge in [-0.2, -0.15) is 0 Å². The second kappa shape index (κ2) is 5.95. The Morgan fingerprint density at radius 1 is 1.67 bits per heavy atom. The highest BCUT2D eigenvalue weighted by atomic mass is 32.2. The zero-order chi connectivity index (χ0) is 7.11. The molecular weight excluding hydrogens is 134 g/mol. The Morgan fingerprint density at radius 2 is 2.33 bits per heavy atom. The van der Waals surface area contributed by atoms with Gasteiger partial charge in [0.1, 0.15) is 0 Å². The summed E-state index contributed by atoms with van der Waals surface area (Å²) in [6.45, 7) is 2.07. The molecule has 3 heteroatoms. The van der Waals surface area contributed by atoms with E-state index in [-0.39, 0.29) is 0 Å². The molecule has 0 amide bonds. The molecule has 0 saturated carbocycles. The van der Waals surface area contributed by atoms with Crippen molar-refractivity contribution in [1.29, 1.82) is 5.41 Å². The monoisotopic (exact) mass is 147 g/mol. The predicted octanol–water partition coefficient (Wildman–Crippen LogP) is 1.18. The number of hydrogen-bond donors (Lipinski definition) is 1. The molecule has 0 saturated heterocycles. The Hall–Kier alpha value is -0.180. The van der Waals surface area contributed by atoms with E-state index < -0.39 is 10.8 Å². The van der Waals surface area contributed by atoms with Gasteiger partial charge in [-0.05, 0) is 6.42 Å². The minimum atomic E-state index is -0.763. The SMILES string of the molecule is CCCCS(=O)CC=N. The second-order valence-corrected chi connectivity index (χ2v) is 3.49. The maximum absolute atomic E-state index is 10.8. The molecule has 2 nitrogen and oxygen atoms in total. The van der Waals surface area contributed by atoms with E-state index in [0.717, 1.165) is 18.6 Å². The fourth-order valence-corrected chi connectivity index (χ4v) is 1.44. The molecule has 0 aliphatic heterocycles. The van der Waals surface area contributed by atoms with Crippen LogP contribution >= 0.6 is 0 Å². The average molecular weight is 147 g/mol. The smallest absolute Gasteiger partial charge is 0.0582 e. The Kier molecular flexibility index (Phi) is 5.83. The van der Waals surface area contributed by atoms with Crippen LogP contribution in [0, 0.1) is 5.41 Å². The highest BCUT2D eigenvalue weighted by Crippen LogP contribution is 1.89. The predicted molar refractivity (Wildman–Crippen MR) is 41.6 cm³/mol. The molecule has 0 aromatic rings. The van der Waals surface area contributed by atoms with Gasteiger partial charge < -0.3 is 5.41 Å². The summed E-state index contributed by atoms with van der Waals surface area (Å²) < 4.78 is 10.8. The first-order chi connectivity index (χ1) is 4.31. The largest absolute Gasteiger partial charge is 0.312 e. The molecular formula is C6H13NOS. The average Bonchev–Trinajstić information content (AvgIpc) is 1.85. The lowest BCUT2D eigenvalue weighted by molar-refractivity contribution is 0.682. The lowest BCUT2D eigenvalue weighted by Gasteiger charge is -1.93. The molecule has 0 aliphatic carbocycles. The van der Waals surface area contributed by atoms with Gasteiger partial charge in [0.05, 0.1) is 5.75 Å². The van der Waals surface area contributed by atoms with Gasteiger partial charge in [-0.1, -0.05) is 13.3 Å². The number of hydrogen-bond acceptors (Lipinski definition) is 2. The van der Waals surface area contributed by atoms with Crippen molar-refractivity contribution >= 4 is 17.0 Å². The van der Waals surface area contributed by atoms with Gasteiger partial charge in [-0.3, -0.25) is 4.21 Å². The Morgan fingerprint density at radius 3 is 2.78 bits per heavy atom. The molecule has 54 valence electrons. The lowest BCUT2D eigenvalue weighted by Crippen LogP contribution is -2.02. The molecule has 0 spiro atoms. The summed E-state index contributed by atoms with van der Waals surface area (Å²) in [6.07, 6.45) is 3.32. The molecule has 0 aromatic carbocycles. The van der Waals surface area contributed by atoms with Gasteiger partial charge in [-0.15, -0.1) is 0 Å². The van der Waals surface area contributed by atoms with Crippen LogP contribution in [-0.2, 0) is 10.8 Å². The summed E-state index contributed by atoms with van der Waals surface area (Å²) in [7, 11) is -0.763. The van der Waals surface area contributed by atoms with Gasteiger partial charge >= 0.3 is 0 Å². The number of rotatable bonds is 5. The molecule has 0 fully saturated rings. The summed E-state index contributed by atoms with van der Waals surface area (Å²) in [5.41, 5.74) is 0. The van der Waals surface area contributed by atoms with E-state index in [9.17, 15) is 4.21 Å². The first-order valence-electron chi connectivity index (χ1n) is 3.15. The fraction of sp³-hybridized carbons (Fsp3) is 0.833. The topological polar surface area (TPSA) is 40.9 Å². The fourth-order valence-electron chi connectivity index (χ4n) is 0.482. The van der Waals surface area contributed by atoms with E-state index in [0.29, 0.717) is 5.75 Å². The maximum atomic E-state index is 10.8. The van der Waals surface area contributed by atoms with Crippen LogP contribution in [-0.4, -0.2) is 21.9 Å². The van der Waals surface area contributed by atoms with E-state index >= 15 is 0 Å². The molecule has 1 unspecified atom stereocenters. The molecule has 0 heterocycles. The van der Waals surface area contributed by atoms with Crippen molar-refractivity contribution < 1.29 is 4.21 Å². The summed E-state index contributed by atoms with van der Waals surface area (Å²) in [6, 6.07) is 0. The van der Waals surface area contributed by atoms with Gasteiger partial charge in [0.25, 0.3) is 0 Å². The van der Waals surface area contributed by atoms with Gasteiger partial charge in [0, 0.05) is 22.8 Å². The summed E-state index contributed by atoms with van der Waals surface area (Å²) in [5, 5.41) is 6.65. The minimum Gasteiger partial charge on any atom is -0.312 e. The van der Waals surface area contributed by atoms with Crippen molar-refractivity contribution in [3.63, 3.8) is 0 Å². The first-order valence-corrected chi connectivity index (χ1v) is 4.64. The van der Waals surface area contributed by atoms with Crippen LogP contribution in [0.1, 0.15) is 19.8 Å². The highest BCUT2D eigenvalue weighted by molar-refractivity contribution is 7.85. The number of unbranched alkanes of at least 4 members (excludes halogenated alkanes) is 1. The molecule has 1 N–H and O–H groups in total. The summed E-state index contributed by atoms with van der Waals surface area (Å²) in [4.78, 5) is 0. The highest BCUT2D eigenvalue weighted by Gasteiger charge is 1.93. The van der Waals surface area contributed by atoms with E-state index in [1.54, 1.807) is 0 Å². The standard InChI is InChI=1S/C6H13NOS/c1-2-3-5-9(8)6-4-7/h4,7H,2-3,5-6H2,1H3. The van der Waals surface area contributed by atoms with Crippen molar-refractivity contribution in [2.24, 2.45) is 0 Å². The Balaban J connectivity index is 3.16. The Labute approximate surface area is 58.6 Å². The van der Waals surface area contributed by atoms with Crippen molar-refractivity contribution in [3.8, 4) is 0 Å². The van der Waals surface area contributed by atoms with E-state index in [2.05, 4.69) is 6.92 Å². The van der Waals surface area contributed by atoms with Gasteiger partial charge in [0.15, 0.2) is 0 Å². The van der Waals surface area contributed by atoms with Gasteiger partial charge in [-0.25, -0.2) is 0 Å². The van der Waals surface area contributed by atoms with Crippen molar-refractivity contribution in [3.05, 3.63) is 0 Å². The van der Waals surface area contributed by atoms with Crippen LogP contribution in [0.3, 0.4) is 0 Å². The molecule has 0 aliphatic rings. The van der Waals surface area contributed by atoms with Crippen LogP contribution in [0.25, 0.3) is 0 Å². The molecule has 0 radical (unpaired) electrons. The third kappa shape index (κ3) is 5.69. The third-order valence-electron chi connectivity index (χ3n) is 0.995. The maximum Gasteiger partial charge on any atom is 0.0582 e. The van der Waals surface area contributed by atoms with Crippen LogP contribution in [0.4, 0.5) is 0 Å². The van der Waals surface area contributed by atoms with E-state index in [1.807, 2.05) is 0 Å². The van der Waals surface area contributed by atoms with Crippen molar-refractivity contribution in [2.45, 2.75) is 19.8 Å². The normalized spacial score (nSPS) is 13.0. The number of nitrogens with one attached hydrogen (secondary N) is 1. The molecule has 0 bridgehead atoms. The summed E-state index contributed by atoms with van der Waals surface area (Å²) in [5.74, 6) is 1.19. The quantitative estimate of drug-likeness (QED) is 0.583. The third-order valence-corrected chi connectivity index (χ3v) is 2.28. The molecule has 0 aromatic heterocycles. The van der Waals surface area contributed by atoms with Crippen LogP contribution in [0.5, 0.6) is 0 Å². The lowest BCUT2D eigenvalue weighted by atomic mass is 10.4. The zero-order valence-corrected chi connectivity index (χ0v) is 6.54. The molecule has 9 heavy (non-hydrogen) atoms. The Bertz CT molecular complexity index is 103. The molecule has 0 rings (SSSR count). The van der Waals surface area contributed by atoms with Crippen LogP contribution in [0.15, 0.2) is 0 Å². The summed E-state index contributed by atoms with van der Waals surface area (Å²) >= 11 is 0. The minimum absolute atomic E-state index is 0.431. The van der Waals surface area contributed by atoms with Crippen LogP contribution in [0.2, 0.25) is 0 Å². The van der Waals surface area contributed by atoms with E-state index in [4.69, 9.17) is 5.41 Å². The van der Waals surface area contributed by atoms with Crippen molar-refractivity contribution in [1.82, 2.24) is 0 Å². The van der Waals surface area contributed by atoms with Crippen LogP contribution < -0.4 is 0 Å². The molecule has 1 atom stereocenters.